The third kappa shape index (κ3) is 7.69. The molecule has 41 heavy (non-hydrogen) atoms. The lowest BCUT2D eigenvalue weighted by molar-refractivity contribution is -0.200. The molecule has 0 spiro atoms. The van der Waals surface area contributed by atoms with Crippen LogP contribution in [-0.2, 0) is 17.2 Å². The molecule has 4 unspecified atom stereocenters. The highest BCUT2D eigenvalue weighted by Gasteiger charge is 2.56. The van der Waals surface area contributed by atoms with Gasteiger partial charge in [0, 0.05) is 35.6 Å². The fraction of sp³-hybridized carbons (Fsp3) is 0.818. The van der Waals surface area contributed by atoms with Gasteiger partial charge in [-0.25, -0.2) is 8.78 Å². The van der Waals surface area contributed by atoms with Gasteiger partial charge in [-0.15, -0.1) is 0 Å². The number of alkyl halides is 4. The van der Waals surface area contributed by atoms with E-state index in [1.807, 2.05) is 12.1 Å². The molecule has 0 amide bonds. The zero-order chi connectivity index (χ0) is 29.8. The zero-order valence-electron chi connectivity index (χ0n) is 24.9. The predicted octanol–water partition coefficient (Wildman–Crippen LogP) is 8.78. The van der Waals surface area contributed by atoms with E-state index < -0.39 is 29.1 Å². The number of rotatable bonds is 15. The van der Waals surface area contributed by atoms with E-state index in [9.17, 15) is 32.0 Å². The van der Waals surface area contributed by atoms with E-state index >= 15 is 0 Å². The van der Waals surface area contributed by atoms with Crippen molar-refractivity contribution in [2.75, 3.05) is 11.5 Å². The quantitative estimate of drug-likeness (QED) is 0.156. The molecule has 0 aromatic heterocycles. The number of benzene rings is 1. The van der Waals surface area contributed by atoms with Crippen molar-refractivity contribution in [3.8, 4) is 5.75 Å². The van der Waals surface area contributed by atoms with Crippen molar-refractivity contribution in [3.05, 3.63) is 29.3 Å². The SMILES string of the molecule is CC(F)(F)C(F)(F)CCCS(=O)CCCCCCCCC[C@@H]1Cc2cc(O)ccc2C2CC[C@@]3(C)C(CC[C@@H]3O)C21. The van der Waals surface area contributed by atoms with E-state index in [0.29, 0.717) is 35.2 Å². The second-order valence-electron chi connectivity index (χ2n) is 13.6. The third-order valence-electron chi connectivity index (χ3n) is 10.8. The van der Waals surface area contributed by atoms with Crippen LogP contribution < -0.4 is 0 Å². The molecule has 0 radical (unpaired) electrons. The van der Waals surface area contributed by atoms with E-state index in [1.54, 1.807) is 0 Å². The van der Waals surface area contributed by atoms with Gasteiger partial charge in [0.05, 0.1) is 6.10 Å². The molecule has 4 rings (SSSR count). The van der Waals surface area contributed by atoms with Crippen molar-refractivity contribution in [2.24, 2.45) is 23.2 Å². The number of aliphatic hydroxyl groups excluding tert-OH is 1. The largest absolute Gasteiger partial charge is 0.508 e. The molecule has 1 aromatic rings. The standard InChI is InChI=1S/C33H50F4O3S/c1-31-18-16-27-26-13-12-25(38)22-24(26)21-23(30(27)28(31)14-15-29(31)39)11-8-6-4-3-5-7-9-19-41(40)20-10-17-33(36,37)32(2,34)35/h12-13,22-23,27-30,38-39H,3-11,14-21H2,1-2H3/t23-,27?,28?,29+,30?,31+,41?/m1/s1. The first kappa shape index (κ1) is 32.8. The molecule has 8 heteroatoms. The molecule has 0 bridgehead atoms. The number of aliphatic hydroxyl groups is 1. The molecule has 0 heterocycles. The minimum Gasteiger partial charge on any atom is -0.508 e. The monoisotopic (exact) mass is 602 g/mol. The average molecular weight is 603 g/mol. The number of phenolic OH excluding ortho intramolecular Hbond substituents is 1. The first-order chi connectivity index (χ1) is 19.3. The first-order valence-electron chi connectivity index (χ1n) is 15.9. The van der Waals surface area contributed by atoms with Crippen LogP contribution in [0.25, 0.3) is 0 Å². The summed E-state index contributed by atoms with van der Waals surface area (Å²) in [6.45, 7) is 2.55. The highest BCUT2D eigenvalue weighted by molar-refractivity contribution is 7.84. The number of hydrogen-bond acceptors (Lipinski definition) is 3. The minimum atomic E-state index is -4.04. The minimum absolute atomic E-state index is 0.0345. The Morgan fingerprint density at radius 2 is 1.61 bits per heavy atom. The van der Waals surface area contributed by atoms with Gasteiger partial charge in [-0.3, -0.25) is 4.21 Å². The van der Waals surface area contributed by atoms with Crippen LogP contribution in [-0.4, -0.2) is 43.9 Å². The lowest BCUT2D eigenvalue weighted by Gasteiger charge is -2.53. The average Bonchev–Trinajstić information content (AvgIpc) is 3.20. The maximum Gasteiger partial charge on any atom is 0.309 e. The second kappa shape index (κ2) is 13.7. The van der Waals surface area contributed by atoms with Crippen molar-refractivity contribution in [1.82, 2.24) is 0 Å². The highest BCUT2D eigenvalue weighted by Crippen LogP contribution is 2.62. The highest BCUT2D eigenvalue weighted by atomic mass is 32.2. The van der Waals surface area contributed by atoms with Gasteiger partial charge in [0.25, 0.3) is 0 Å². The number of unbranched alkanes of at least 4 members (excludes halogenated alkanes) is 6. The molecule has 3 nitrogen and oxygen atoms in total. The van der Waals surface area contributed by atoms with Crippen LogP contribution in [0.15, 0.2) is 18.2 Å². The molecule has 0 saturated heterocycles. The van der Waals surface area contributed by atoms with Gasteiger partial charge in [-0.05, 0) is 104 Å². The van der Waals surface area contributed by atoms with E-state index in [0.717, 1.165) is 64.2 Å². The summed E-state index contributed by atoms with van der Waals surface area (Å²) in [4.78, 5) is 0. The fourth-order valence-corrected chi connectivity index (χ4v) is 9.56. The Kier molecular flexibility index (Phi) is 10.9. The van der Waals surface area contributed by atoms with Crippen LogP contribution in [0, 0.1) is 23.2 Å². The van der Waals surface area contributed by atoms with Crippen LogP contribution >= 0.6 is 0 Å². The molecule has 3 aliphatic carbocycles. The zero-order valence-corrected chi connectivity index (χ0v) is 25.7. The maximum atomic E-state index is 13.3. The number of phenols is 1. The van der Waals surface area contributed by atoms with Crippen LogP contribution in [0.2, 0.25) is 0 Å². The van der Waals surface area contributed by atoms with Crippen molar-refractivity contribution in [2.45, 2.75) is 134 Å². The Bertz CT molecular complexity index is 1030. The number of aromatic hydroxyl groups is 1. The molecule has 2 saturated carbocycles. The van der Waals surface area contributed by atoms with Crippen molar-refractivity contribution < 1.29 is 32.0 Å². The molecule has 2 N–H and O–H groups in total. The molecular weight excluding hydrogens is 552 g/mol. The number of halogens is 4. The van der Waals surface area contributed by atoms with Crippen LogP contribution in [0.5, 0.6) is 5.75 Å². The van der Waals surface area contributed by atoms with Gasteiger partial charge < -0.3 is 10.2 Å². The predicted molar refractivity (Wildman–Crippen MR) is 157 cm³/mol. The van der Waals surface area contributed by atoms with Gasteiger partial charge in [-0.1, -0.05) is 51.5 Å². The summed E-state index contributed by atoms with van der Waals surface area (Å²) in [5, 5.41) is 21.0. The van der Waals surface area contributed by atoms with Gasteiger partial charge in [0.15, 0.2) is 0 Å². The Balaban J connectivity index is 1.15. The van der Waals surface area contributed by atoms with E-state index in [1.165, 1.54) is 30.4 Å². The number of hydrogen-bond donors (Lipinski definition) is 2. The van der Waals surface area contributed by atoms with Crippen LogP contribution in [0.3, 0.4) is 0 Å². The molecule has 234 valence electrons. The lowest BCUT2D eigenvalue weighted by Crippen LogP contribution is -2.47. The summed E-state index contributed by atoms with van der Waals surface area (Å²) in [6.07, 6.45) is 12.6. The van der Waals surface area contributed by atoms with Crippen LogP contribution in [0.4, 0.5) is 17.6 Å². The Morgan fingerprint density at radius 3 is 2.32 bits per heavy atom. The third-order valence-corrected chi connectivity index (χ3v) is 12.3. The van der Waals surface area contributed by atoms with Crippen LogP contribution in [0.1, 0.15) is 121 Å². The van der Waals surface area contributed by atoms with Crippen molar-refractivity contribution in [3.63, 3.8) is 0 Å². The molecule has 0 aliphatic heterocycles. The summed E-state index contributed by atoms with van der Waals surface area (Å²) in [7, 11) is -1.23. The van der Waals surface area contributed by atoms with E-state index in [4.69, 9.17) is 0 Å². The summed E-state index contributed by atoms with van der Waals surface area (Å²) in [5.74, 6) is -4.94. The molecule has 7 atom stereocenters. The van der Waals surface area contributed by atoms with Gasteiger partial charge >= 0.3 is 11.8 Å². The smallest absolute Gasteiger partial charge is 0.309 e. The Hall–Kier alpha value is -1.15. The summed E-state index contributed by atoms with van der Waals surface area (Å²) in [6, 6.07) is 5.96. The molecule has 1 aromatic carbocycles. The first-order valence-corrected chi connectivity index (χ1v) is 17.4. The maximum absolute atomic E-state index is 13.3. The second-order valence-corrected chi connectivity index (χ2v) is 15.3. The van der Waals surface area contributed by atoms with Crippen molar-refractivity contribution >= 4 is 10.8 Å². The molecule has 3 aliphatic rings. The van der Waals surface area contributed by atoms with Gasteiger partial charge in [0.2, 0.25) is 0 Å². The summed E-state index contributed by atoms with van der Waals surface area (Å²) < 4.78 is 64.5. The summed E-state index contributed by atoms with van der Waals surface area (Å²) in [5.41, 5.74) is 2.77. The normalized spacial score (nSPS) is 30.5. The van der Waals surface area contributed by atoms with Gasteiger partial charge in [-0.2, -0.15) is 8.78 Å². The molecule has 2 fully saturated rings. The molecular formula is C33H50F4O3S. The fourth-order valence-electron chi connectivity index (χ4n) is 8.36. The van der Waals surface area contributed by atoms with Crippen molar-refractivity contribution in [1.29, 1.82) is 0 Å². The topological polar surface area (TPSA) is 57.5 Å². The van der Waals surface area contributed by atoms with Gasteiger partial charge in [0.1, 0.15) is 5.75 Å². The summed E-state index contributed by atoms with van der Waals surface area (Å²) >= 11 is 0. The van der Waals surface area contributed by atoms with E-state index in [-0.39, 0.29) is 30.6 Å². The Labute approximate surface area is 246 Å². The Morgan fingerprint density at radius 1 is 0.951 bits per heavy atom. The lowest BCUT2D eigenvalue weighted by atomic mass is 9.52. The number of fused-ring (bicyclic) bond motifs is 5. The van der Waals surface area contributed by atoms with E-state index in [2.05, 4.69) is 13.0 Å².